The monoisotopic (exact) mass is 297 g/mol. The highest BCUT2D eigenvalue weighted by molar-refractivity contribution is 8.04. The number of rotatable bonds is 4. The van der Waals surface area contributed by atoms with Crippen LogP contribution in [-0.4, -0.2) is 22.5 Å². The lowest BCUT2D eigenvalue weighted by atomic mass is 10.2. The van der Waals surface area contributed by atoms with E-state index in [1.54, 1.807) is 4.90 Å². The van der Waals surface area contributed by atoms with E-state index in [2.05, 4.69) is 0 Å². The molecule has 0 radical (unpaired) electrons. The molecule has 3 nitrogen and oxygen atoms in total. The van der Waals surface area contributed by atoms with Crippen LogP contribution in [0.4, 0.5) is 0 Å². The smallest absolute Gasteiger partial charge is 0.264 e. The van der Waals surface area contributed by atoms with Crippen molar-refractivity contribution in [1.82, 2.24) is 4.90 Å². The number of thioether (sulfide) groups is 1. The molecule has 1 aliphatic heterocycles. The highest BCUT2D eigenvalue weighted by Crippen LogP contribution is 2.34. The van der Waals surface area contributed by atoms with Crippen molar-refractivity contribution in [2.24, 2.45) is 0 Å². The molecule has 0 bridgehead atoms. The summed E-state index contributed by atoms with van der Waals surface area (Å²) in [5.74, 6) is 0.0509. The molecule has 1 amide bonds. The summed E-state index contributed by atoms with van der Waals surface area (Å²) in [6.45, 7) is 0.797. The molecule has 0 atom stereocenters. The zero-order chi connectivity index (χ0) is 14.7. The standard InChI is InChI=1S/C17H15NO2S/c19-15-12-18(11-13-7-3-1-4-8-13)17(20)16(15)21-14-9-5-2-6-10-14/h1-10,19H,11-12H2. The Morgan fingerprint density at radius 3 is 2.29 bits per heavy atom. The molecule has 2 aromatic carbocycles. The van der Waals surface area contributed by atoms with E-state index in [9.17, 15) is 9.90 Å². The third kappa shape index (κ3) is 3.11. The molecule has 21 heavy (non-hydrogen) atoms. The van der Waals surface area contributed by atoms with Crippen molar-refractivity contribution in [3.05, 3.63) is 76.9 Å². The topological polar surface area (TPSA) is 40.5 Å². The molecule has 4 heteroatoms. The maximum Gasteiger partial charge on any atom is 0.264 e. The molecule has 2 aromatic rings. The van der Waals surface area contributed by atoms with E-state index in [4.69, 9.17) is 0 Å². The Hall–Kier alpha value is -2.20. The first-order chi connectivity index (χ1) is 10.2. The van der Waals surface area contributed by atoms with Gasteiger partial charge in [0, 0.05) is 11.4 Å². The number of hydrogen-bond donors (Lipinski definition) is 1. The minimum atomic E-state index is -0.106. The number of hydrogen-bond acceptors (Lipinski definition) is 3. The zero-order valence-corrected chi connectivity index (χ0v) is 12.2. The third-order valence-electron chi connectivity index (χ3n) is 3.26. The fraction of sp³-hybridized carbons (Fsp3) is 0.118. The summed E-state index contributed by atoms with van der Waals surface area (Å²) < 4.78 is 0. The van der Waals surface area contributed by atoms with Crippen LogP contribution in [-0.2, 0) is 11.3 Å². The Morgan fingerprint density at radius 2 is 1.62 bits per heavy atom. The molecule has 0 fully saturated rings. The minimum Gasteiger partial charge on any atom is -0.509 e. The largest absolute Gasteiger partial charge is 0.509 e. The first kappa shape index (κ1) is 13.8. The number of benzene rings is 2. The predicted molar refractivity (Wildman–Crippen MR) is 83.8 cm³/mol. The van der Waals surface area contributed by atoms with Gasteiger partial charge in [0.2, 0.25) is 0 Å². The lowest BCUT2D eigenvalue weighted by Crippen LogP contribution is -2.26. The molecule has 1 N–H and O–H groups in total. The quantitative estimate of drug-likeness (QED) is 0.937. The Labute approximate surface area is 127 Å². The van der Waals surface area contributed by atoms with Crippen LogP contribution >= 0.6 is 11.8 Å². The average Bonchev–Trinajstić information content (AvgIpc) is 2.77. The molecule has 1 aliphatic rings. The number of amides is 1. The van der Waals surface area contributed by atoms with Gasteiger partial charge in [0.1, 0.15) is 10.7 Å². The molecule has 0 aliphatic carbocycles. The lowest BCUT2D eigenvalue weighted by Gasteiger charge is -2.16. The lowest BCUT2D eigenvalue weighted by molar-refractivity contribution is -0.125. The average molecular weight is 297 g/mol. The van der Waals surface area contributed by atoms with Crippen molar-refractivity contribution in [2.75, 3.05) is 6.54 Å². The van der Waals surface area contributed by atoms with Gasteiger partial charge in [-0.15, -0.1) is 0 Å². The van der Waals surface area contributed by atoms with E-state index in [0.717, 1.165) is 10.5 Å². The molecule has 0 saturated carbocycles. The number of nitrogens with zero attached hydrogens (tertiary/aromatic N) is 1. The van der Waals surface area contributed by atoms with E-state index < -0.39 is 0 Å². The molecule has 3 rings (SSSR count). The van der Waals surface area contributed by atoms with Gasteiger partial charge in [-0.25, -0.2) is 0 Å². The van der Waals surface area contributed by atoms with Crippen LogP contribution < -0.4 is 0 Å². The maximum atomic E-state index is 12.4. The van der Waals surface area contributed by atoms with E-state index in [0.29, 0.717) is 11.4 Å². The van der Waals surface area contributed by atoms with Crippen LogP contribution in [0.5, 0.6) is 0 Å². The van der Waals surface area contributed by atoms with Crippen LogP contribution in [0.2, 0.25) is 0 Å². The fourth-order valence-electron chi connectivity index (χ4n) is 2.23. The van der Waals surface area contributed by atoms with E-state index in [-0.39, 0.29) is 18.2 Å². The van der Waals surface area contributed by atoms with Gasteiger partial charge in [0.15, 0.2) is 0 Å². The van der Waals surface area contributed by atoms with Gasteiger partial charge in [-0.05, 0) is 17.7 Å². The van der Waals surface area contributed by atoms with Gasteiger partial charge in [-0.3, -0.25) is 4.79 Å². The summed E-state index contributed by atoms with van der Waals surface area (Å²) in [6.07, 6.45) is 0. The Kier molecular flexibility index (Phi) is 3.97. The zero-order valence-electron chi connectivity index (χ0n) is 11.4. The molecule has 106 valence electrons. The van der Waals surface area contributed by atoms with Crippen molar-refractivity contribution in [2.45, 2.75) is 11.4 Å². The van der Waals surface area contributed by atoms with Gasteiger partial charge >= 0.3 is 0 Å². The first-order valence-electron chi connectivity index (χ1n) is 6.72. The van der Waals surface area contributed by atoms with Crippen LogP contribution in [0.1, 0.15) is 5.56 Å². The normalized spacial score (nSPS) is 14.9. The van der Waals surface area contributed by atoms with E-state index >= 15 is 0 Å². The fourth-order valence-corrected chi connectivity index (χ4v) is 3.16. The van der Waals surface area contributed by atoms with E-state index in [1.165, 1.54) is 11.8 Å². The molecule has 1 heterocycles. The minimum absolute atomic E-state index is 0.106. The molecule has 0 saturated heterocycles. The SMILES string of the molecule is O=C1C(Sc2ccccc2)=C(O)CN1Cc1ccccc1. The molecule has 0 spiro atoms. The predicted octanol–water partition coefficient (Wildman–Crippen LogP) is 3.59. The number of aliphatic hydroxyl groups excluding tert-OH is 1. The van der Waals surface area contributed by atoms with Gasteiger partial charge < -0.3 is 10.0 Å². The van der Waals surface area contributed by atoms with Gasteiger partial charge in [0.05, 0.1) is 6.54 Å². The highest BCUT2D eigenvalue weighted by Gasteiger charge is 2.30. The maximum absolute atomic E-state index is 12.4. The van der Waals surface area contributed by atoms with Crippen molar-refractivity contribution in [3.8, 4) is 0 Å². The van der Waals surface area contributed by atoms with E-state index in [1.807, 2.05) is 60.7 Å². The Bertz CT molecular complexity index is 668. The molecule has 0 unspecified atom stereocenters. The summed E-state index contributed by atoms with van der Waals surface area (Å²) in [4.78, 5) is 15.5. The van der Waals surface area contributed by atoms with Gasteiger partial charge in [0.25, 0.3) is 5.91 Å². The highest BCUT2D eigenvalue weighted by atomic mass is 32.2. The van der Waals surface area contributed by atoms with Crippen LogP contribution in [0, 0.1) is 0 Å². The first-order valence-corrected chi connectivity index (χ1v) is 7.54. The van der Waals surface area contributed by atoms with Crippen molar-refractivity contribution < 1.29 is 9.90 Å². The number of carbonyl (C=O) groups excluding carboxylic acids is 1. The van der Waals surface area contributed by atoms with Crippen LogP contribution in [0.3, 0.4) is 0 Å². The molecule has 0 aromatic heterocycles. The number of aliphatic hydroxyl groups is 1. The number of carbonyl (C=O) groups is 1. The molecular formula is C17H15NO2S. The van der Waals surface area contributed by atoms with Crippen LogP contribution in [0.25, 0.3) is 0 Å². The Balaban J connectivity index is 1.72. The second-order valence-electron chi connectivity index (χ2n) is 4.84. The molecular weight excluding hydrogens is 282 g/mol. The van der Waals surface area contributed by atoms with Crippen molar-refractivity contribution in [3.63, 3.8) is 0 Å². The summed E-state index contributed by atoms with van der Waals surface area (Å²) >= 11 is 1.32. The summed E-state index contributed by atoms with van der Waals surface area (Å²) in [5, 5.41) is 10.1. The third-order valence-corrected chi connectivity index (χ3v) is 4.39. The second-order valence-corrected chi connectivity index (χ2v) is 5.92. The summed E-state index contributed by atoms with van der Waals surface area (Å²) in [5.41, 5.74) is 1.06. The summed E-state index contributed by atoms with van der Waals surface area (Å²) in [6, 6.07) is 19.4. The van der Waals surface area contributed by atoms with Gasteiger partial charge in [-0.2, -0.15) is 0 Å². The summed E-state index contributed by atoms with van der Waals surface area (Å²) in [7, 11) is 0. The van der Waals surface area contributed by atoms with Gasteiger partial charge in [-0.1, -0.05) is 60.3 Å². The van der Waals surface area contributed by atoms with Crippen molar-refractivity contribution >= 4 is 17.7 Å². The second kappa shape index (κ2) is 6.06. The Morgan fingerprint density at radius 1 is 1.00 bits per heavy atom. The van der Waals surface area contributed by atoms with Crippen LogP contribution in [0.15, 0.2) is 76.2 Å². The van der Waals surface area contributed by atoms with Crippen molar-refractivity contribution in [1.29, 1.82) is 0 Å².